The lowest BCUT2D eigenvalue weighted by Crippen LogP contribution is -2.33. The first-order valence-electron chi connectivity index (χ1n) is 11.4. The molecule has 0 radical (unpaired) electrons. The summed E-state index contributed by atoms with van der Waals surface area (Å²) in [5.74, 6) is 1.36. The normalized spacial score (nSPS) is 19.2. The second kappa shape index (κ2) is 8.90. The van der Waals surface area contributed by atoms with Crippen LogP contribution in [0.25, 0.3) is 17.1 Å². The Morgan fingerprint density at radius 3 is 2.62 bits per heavy atom. The van der Waals surface area contributed by atoms with Crippen LogP contribution in [-0.2, 0) is 6.54 Å². The molecule has 1 saturated carbocycles. The van der Waals surface area contributed by atoms with E-state index in [4.69, 9.17) is 4.98 Å². The minimum Gasteiger partial charge on any atom is -0.389 e. The van der Waals surface area contributed by atoms with Crippen LogP contribution >= 0.6 is 0 Å². The number of aryl methyl sites for hydroxylation is 1. The van der Waals surface area contributed by atoms with Crippen molar-refractivity contribution in [3.63, 3.8) is 0 Å². The van der Waals surface area contributed by atoms with Gasteiger partial charge in [0.1, 0.15) is 0 Å². The van der Waals surface area contributed by atoms with Gasteiger partial charge >= 0.3 is 5.69 Å². The molecule has 2 N–H and O–H groups in total. The van der Waals surface area contributed by atoms with Gasteiger partial charge in [0.15, 0.2) is 0 Å². The van der Waals surface area contributed by atoms with Crippen LogP contribution in [0.4, 0.5) is 5.95 Å². The molecule has 0 atom stereocenters. The van der Waals surface area contributed by atoms with E-state index in [-0.39, 0.29) is 12.2 Å². The van der Waals surface area contributed by atoms with E-state index in [9.17, 15) is 9.90 Å². The van der Waals surface area contributed by atoms with Crippen LogP contribution < -0.4 is 11.0 Å². The molecular formula is C25H33N5O2. The Hall–Kier alpha value is -2.93. The van der Waals surface area contributed by atoms with Crippen molar-refractivity contribution in [1.29, 1.82) is 0 Å². The van der Waals surface area contributed by atoms with Gasteiger partial charge in [-0.15, -0.1) is 0 Å². The van der Waals surface area contributed by atoms with E-state index >= 15 is 0 Å². The summed E-state index contributed by atoms with van der Waals surface area (Å²) in [4.78, 5) is 22.5. The molecule has 0 spiro atoms. The maximum atomic E-state index is 13.3. The highest BCUT2D eigenvalue weighted by Gasteiger charge is 2.22. The molecule has 1 aromatic carbocycles. The highest BCUT2D eigenvalue weighted by molar-refractivity contribution is 5.59. The number of hydrogen-bond donors (Lipinski definition) is 2. The second-order valence-electron chi connectivity index (χ2n) is 9.78. The van der Waals surface area contributed by atoms with Crippen molar-refractivity contribution in [2.24, 2.45) is 5.92 Å². The van der Waals surface area contributed by atoms with Crippen LogP contribution in [0.15, 0.2) is 47.5 Å². The third-order valence-electron chi connectivity index (χ3n) is 6.04. The van der Waals surface area contributed by atoms with Crippen molar-refractivity contribution in [3.8, 4) is 17.1 Å². The minimum absolute atomic E-state index is 0.189. The highest BCUT2D eigenvalue weighted by atomic mass is 16.3. The highest BCUT2D eigenvalue weighted by Crippen LogP contribution is 2.26. The maximum Gasteiger partial charge on any atom is 0.333 e. The summed E-state index contributed by atoms with van der Waals surface area (Å²) >= 11 is 0. The third kappa shape index (κ3) is 5.10. The number of nitrogens with zero attached hydrogens (tertiary/aromatic N) is 4. The van der Waals surface area contributed by atoms with Gasteiger partial charge in [0.05, 0.1) is 29.2 Å². The zero-order valence-electron chi connectivity index (χ0n) is 19.4. The average Bonchev–Trinajstić information content (AvgIpc) is 3.04. The molecule has 0 unspecified atom stereocenters. The fourth-order valence-electron chi connectivity index (χ4n) is 4.38. The molecule has 2 heterocycles. The molecule has 2 aromatic heterocycles. The lowest BCUT2D eigenvalue weighted by atomic mass is 9.87. The largest absolute Gasteiger partial charge is 0.389 e. The van der Waals surface area contributed by atoms with E-state index in [1.54, 1.807) is 35.4 Å². The predicted molar refractivity (Wildman–Crippen MR) is 127 cm³/mol. The summed E-state index contributed by atoms with van der Waals surface area (Å²) in [7, 11) is 0. The van der Waals surface area contributed by atoms with Crippen molar-refractivity contribution < 1.29 is 5.11 Å². The van der Waals surface area contributed by atoms with Crippen molar-refractivity contribution >= 4 is 5.95 Å². The SMILES string of the molecule is Cc1cccc(-n2c(-c3ccnc(NC4CCC(C)CC4)n3)cn(CC(C)(C)O)c2=O)c1. The van der Waals surface area contributed by atoms with Gasteiger partial charge in [-0.2, -0.15) is 0 Å². The van der Waals surface area contributed by atoms with Gasteiger partial charge in [-0.05, 0) is 76.1 Å². The lowest BCUT2D eigenvalue weighted by Gasteiger charge is -2.26. The smallest absolute Gasteiger partial charge is 0.333 e. The zero-order valence-corrected chi connectivity index (χ0v) is 19.4. The van der Waals surface area contributed by atoms with Crippen LogP contribution in [-0.4, -0.2) is 35.9 Å². The number of anilines is 1. The summed E-state index contributed by atoms with van der Waals surface area (Å²) < 4.78 is 3.21. The topological polar surface area (TPSA) is 85.0 Å². The Balaban J connectivity index is 1.74. The molecular weight excluding hydrogens is 402 g/mol. The Morgan fingerprint density at radius 2 is 1.94 bits per heavy atom. The third-order valence-corrected chi connectivity index (χ3v) is 6.04. The minimum atomic E-state index is -1.02. The number of aromatic nitrogens is 4. The first-order valence-corrected chi connectivity index (χ1v) is 11.4. The van der Waals surface area contributed by atoms with Gasteiger partial charge in [-0.1, -0.05) is 19.1 Å². The first kappa shape index (κ1) is 22.3. The fourth-order valence-corrected chi connectivity index (χ4v) is 4.38. The van der Waals surface area contributed by atoms with E-state index in [1.165, 1.54) is 12.8 Å². The number of imidazole rings is 1. The average molecular weight is 436 g/mol. The van der Waals surface area contributed by atoms with Crippen molar-refractivity contribution in [2.45, 2.75) is 71.6 Å². The van der Waals surface area contributed by atoms with Gasteiger partial charge in [-0.25, -0.2) is 14.8 Å². The Bertz CT molecular complexity index is 1130. The summed E-state index contributed by atoms with van der Waals surface area (Å²) in [6.45, 7) is 7.88. The number of hydrogen-bond acceptors (Lipinski definition) is 5. The molecule has 4 rings (SSSR count). The maximum absolute atomic E-state index is 13.3. The summed E-state index contributed by atoms with van der Waals surface area (Å²) in [5, 5.41) is 13.8. The molecule has 1 fully saturated rings. The quantitative estimate of drug-likeness (QED) is 0.607. The summed E-state index contributed by atoms with van der Waals surface area (Å²) in [5.41, 5.74) is 1.95. The molecule has 0 aliphatic heterocycles. The number of aliphatic hydroxyl groups is 1. The zero-order chi connectivity index (χ0) is 22.9. The number of rotatable bonds is 6. The van der Waals surface area contributed by atoms with Crippen LogP contribution in [0.2, 0.25) is 0 Å². The summed E-state index contributed by atoms with van der Waals surface area (Å²) in [6.07, 6.45) is 8.16. The van der Waals surface area contributed by atoms with Gasteiger partial charge in [0, 0.05) is 18.4 Å². The lowest BCUT2D eigenvalue weighted by molar-refractivity contribution is 0.0604. The van der Waals surface area contributed by atoms with Gasteiger partial charge < -0.3 is 10.4 Å². The molecule has 1 aliphatic rings. The molecule has 0 amide bonds. The van der Waals surface area contributed by atoms with E-state index in [0.29, 0.717) is 23.4 Å². The van der Waals surface area contributed by atoms with Crippen molar-refractivity contribution in [2.75, 3.05) is 5.32 Å². The fraction of sp³-hybridized carbons (Fsp3) is 0.480. The predicted octanol–water partition coefficient (Wildman–Crippen LogP) is 4.17. The van der Waals surface area contributed by atoms with Crippen LogP contribution in [0.5, 0.6) is 0 Å². The van der Waals surface area contributed by atoms with Gasteiger partial charge in [0.25, 0.3) is 0 Å². The molecule has 3 aromatic rings. The molecule has 0 bridgehead atoms. The molecule has 1 aliphatic carbocycles. The van der Waals surface area contributed by atoms with Crippen molar-refractivity contribution in [1.82, 2.24) is 19.1 Å². The molecule has 0 saturated heterocycles. The first-order chi connectivity index (χ1) is 15.2. The molecule has 32 heavy (non-hydrogen) atoms. The van der Waals surface area contributed by atoms with Crippen molar-refractivity contribution in [3.05, 3.63) is 58.8 Å². The monoisotopic (exact) mass is 435 g/mol. The van der Waals surface area contributed by atoms with E-state index < -0.39 is 5.60 Å². The van der Waals surface area contributed by atoms with E-state index in [1.807, 2.05) is 37.3 Å². The van der Waals surface area contributed by atoms with E-state index in [2.05, 4.69) is 17.2 Å². The van der Waals surface area contributed by atoms with Gasteiger partial charge in [-0.3, -0.25) is 9.13 Å². The van der Waals surface area contributed by atoms with E-state index in [0.717, 1.165) is 30.0 Å². The molecule has 170 valence electrons. The Labute approximate surface area is 189 Å². The Morgan fingerprint density at radius 1 is 1.19 bits per heavy atom. The number of nitrogens with one attached hydrogen (secondary N) is 1. The van der Waals surface area contributed by atoms with Crippen LogP contribution in [0.3, 0.4) is 0 Å². The standard InChI is InChI=1S/C25H33N5O2/c1-17-8-10-19(11-9-17)27-23-26-13-12-21(28-23)22-15-29(16-25(3,4)32)24(31)30(22)20-7-5-6-18(2)14-20/h5-7,12-15,17,19,32H,8-11,16H2,1-4H3,(H,26,27,28). The summed E-state index contributed by atoms with van der Waals surface area (Å²) in [6, 6.07) is 10.0. The van der Waals surface area contributed by atoms with Crippen LogP contribution in [0, 0.1) is 12.8 Å². The molecule has 7 heteroatoms. The van der Waals surface area contributed by atoms with Crippen LogP contribution in [0.1, 0.15) is 52.0 Å². The molecule has 7 nitrogen and oxygen atoms in total. The number of benzene rings is 1. The van der Waals surface area contributed by atoms with Gasteiger partial charge in [0.2, 0.25) is 5.95 Å². The Kier molecular flexibility index (Phi) is 6.20. The second-order valence-corrected chi connectivity index (χ2v) is 9.78.